The van der Waals surface area contributed by atoms with Crippen LogP contribution in [0.3, 0.4) is 0 Å². The van der Waals surface area contributed by atoms with Gasteiger partial charge in [0, 0.05) is 24.1 Å². The Morgan fingerprint density at radius 1 is 1.33 bits per heavy atom. The SMILES string of the molecule is CCC(C)NCC(=O)Nc1ccc(Cn2cccn2)cc1. The van der Waals surface area contributed by atoms with Crippen LogP contribution < -0.4 is 10.6 Å². The van der Waals surface area contributed by atoms with Crippen LogP contribution >= 0.6 is 0 Å². The van der Waals surface area contributed by atoms with Gasteiger partial charge in [-0.05, 0) is 37.1 Å². The van der Waals surface area contributed by atoms with Crippen molar-refractivity contribution in [3.05, 3.63) is 48.3 Å². The second kappa shape index (κ2) is 7.59. The van der Waals surface area contributed by atoms with Crippen molar-refractivity contribution in [1.82, 2.24) is 15.1 Å². The van der Waals surface area contributed by atoms with Crippen LogP contribution in [0.4, 0.5) is 5.69 Å². The largest absolute Gasteiger partial charge is 0.325 e. The van der Waals surface area contributed by atoms with Gasteiger partial charge in [0.25, 0.3) is 0 Å². The first kappa shape index (κ1) is 15.3. The Morgan fingerprint density at radius 2 is 2.10 bits per heavy atom. The third kappa shape index (κ3) is 5.04. The number of benzene rings is 1. The standard InChI is InChI=1S/C16H22N4O/c1-3-13(2)17-11-16(21)19-15-7-5-14(6-8-15)12-20-10-4-9-18-20/h4-10,13,17H,3,11-12H2,1-2H3,(H,19,21). The first-order chi connectivity index (χ1) is 10.2. The molecule has 1 unspecified atom stereocenters. The first-order valence-electron chi connectivity index (χ1n) is 7.27. The molecule has 2 aromatic rings. The maximum Gasteiger partial charge on any atom is 0.238 e. The second-order valence-electron chi connectivity index (χ2n) is 5.14. The highest BCUT2D eigenvalue weighted by molar-refractivity contribution is 5.92. The van der Waals surface area contributed by atoms with Crippen LogP contribution in [0.1, 0.15) is 25.8 Å². The number of carbonyl (C=O) groups excluding carboxylic acids is 1. The van der Waals surface area contributed by atoms with Crippen LogP contribution in [-0.2, 0) is 11.3 Å². The van der Waals surface area contributed by atoms with Crippen LogP contribution in [0.25, 0.3) is 0 Å². The summed E-state index contributed by atoms with van der Waals surface area (Å²) in [6.07, 6.45) is 4.70. The van der Waals surface area contributed by atoms with Gasteiger partial charge < -0.3 is 10.6 Å². The number of hydrogen-bond donors (Lipinski definition) is 2. The van der Waals surface area contributed by atoms with Crippen molar-refractivity contribution in [1.29, 1.82) is 0 Å². The molecule has 1 aromatic carbocycles. The third-order valence-electron chi connectivity index (χ3n) is 3.36. The Bertz CT molecular complexity index is 548. The smallest absolute Gasteiger partial charge is 0.238 e. The average Bonchev–Trinajstić information content (AvgIpc) is 3.00. The third-order valence-corrected chi connectivity index (χ3v) is 3.36. The van der Waals surface area contributed by atoms with Gasteiger partial charge in [-0.1, -0.05) is 19.1 Å². The van der Waals surface area contributed by atoms with Gasteiger partial charge in [0.05, 0.1) is 13.1 Å². The minimum atomic E-state index is -0.0184. The summed E-state index contributed by atoms with van der Waals surface area (Å²) < 4.78 is 1.86. The molecule has 0 bridgehead atoms. The predicted molar refractivity (Wildman–Crippen MR) is 84.2 cm³/mol. The van der Waals surface area contributed by atoms with Crippen molar-refractivity contribution in [3.8, 4) is 0 Å². The predicted octanol–water partition coefficient (Wildman–Crippen LogP) is 2.26. The first-order valence-corrected chi connectivity index (χ1v) is 7.27. The summed E-state index contributed by atoms with van der Waals surface area (Å²) in [5.74, 6) is -0.0184. The molecule has 2 N–H and O–H groups in total. The summed E-state index contributed by atoms with van der Waals surface area (Å²) in [7, 11) is 0. The molecule has 0 spiro atoms. The Labute approximate surface area is 125 Å². The molecule has 1 heterocycles. The molecule has 1 aromatic heterocycles. The fourth-order valence-electron chi connectivity index (χ4n) is 1.89. The van der Waals surface area contributed by atoms with E-state index in [0.29, 0.717) is 12.6 Å². The summed E-state index contributed by atoms with van der Waals surface area (Å²) in [4.78, 5) is 11.8. The molecule has 0 aliphatic carbocycles. The minimum absolute atomic E-state index is 0.0184. The lowest BCUT2D eigenvalue weighted by Gasteiger charge is -2.11. The number of aromatic nitrogens is 2. The van der Waals surface area contributed by atoms with Gasteiger partial charge in [-0.2, -0.15) is 5.10 Å². The number of nitrogens with zero attached hydrogens (tertiary/aromatic N) is 2. The van der Waals surface area contributed by atoms with Gasteiger partial charge >= 0.3 is 0 Å². The Hall–Kier alpha value is -2.14. The molecular formula is C16H22N4O. The molecule has 112 valence electrons. The lowest BCUT2D eigenvalue weighted by molar-refractivity contribution is -0.115. The van der Waals surface area contributed by atoms with E-state index in [1.807, 2.05) is 41.2 Å². The van der Waals surface area contributed by atoms with E-state index >= 15 is 0 Å². The second-order valence-corrected chi connectivity index (χ2v) is 5.14. The molecule has 0 fully saturated rings. The van der Waals surface area contributed by atoms with Gasteiger partial charge in [0.15, 0.2) is 0 Å². The van der Waals surface area contributed by atoms with Crippen LogP contribution in [0.5, 0.6) is 0 Å². The summed E-state index contributed by atoms with van der Waals surface area (Å²) >= 11 is 0. The monoisotopic (exact) mass is 286 g/mol. The molecule has 1 atom stereocenters. The molecular weight excluding hydrogens is 264 g/mol. The van der Waals surface area contributed by atoms with Gasteiger partial charge in [-0.25, -0.2) is 0 Å². The number of anilines is 1. The van der Waals surface area contributed by atoms with Gasteiger partial charge in [-0.15, -0.1) is 0 Å². The highest BCUT2D eigenvalue weighted by Crippen LogP contribution is 2.10. The van der Waals surface area contributed by atoms with Crippen LogP contribution in [0, 0.1) is 0 Å². The molecule has 0 aliphatic heterocycles. The molecule has 2 rings (SSSR count). The molecule has 0 aliphatic rings. The molecule has 0 saturated heterocycles. The molecule has 5 nitrogen and oxygen atoms in total. The minimum Gasteiger partial charge on any atom is -0.325 e. The van der Waals surface area contributed by atoms with Crippen LogP contribution in [-0.4, -0.2) is 28.3 Å². The fourth-order valence-corrected chi connectivity index (χ4v) is 1.89. The number of amides is 1. The summed E-state index contributed by atoms with van der Waals surface area (Å²) in [5, 5.41) is 10.2. The van der Waals surface area contributed by atoms with Crippen molar-refractivity contribution in [2.45, 2.75) is 32.9 Å². The van der Waals surface area contributed by atoms with Crippen LogP contribution in [0.15, 0.2) is 42.7 Å². The van der Waals surface area contributed by atoms with Crippen molar-refractivity contribution in [2.75, 3.05) is 11.9 Å². The maximum absolute atomic E-state index is 11.8. The molecule has 5 heteroatoms. The summed E-state index contributed by atoms with van der Waals surface area (Å²) in [5.41, 5.74) is 1.96. The molecule has 0 radical (unpaired) electrons. The number of rotatable bonds is 7. The van der Waals surface area contributed by atoms with E-state index in [2.05, 4.69) is 29.6 Å². The van der Waals surface area contributed by atoms with E-state index in [9.17, 15) is 4.79 Å². The van der Waals surface area contributed by atoms with E-state index < -0.39 is 0 Å². The quantitative estimate of drug-likeness (QED) is 0.821. The summed E-state index contributed by atoms with van der Waals surface area (Å²) in [6, 6.07) is 10.1. The van der Waals surface area contributed by atoms with E-state index in [1.165, 1.54) is 0 Å². The van der Waals surface area contributed by atoms with Crippen molar-refractivity contribution < 1.29 is 4.79 Å². The zero-order valence-electron chi connectivity index (χ0n) is 12.5. The van der Waals surface area contributed by atoms with E-state index in [1.54, 1.807) is 6.20 Å². The van der Waals surface area contributed by atoms with Crippen molar-refractivity contribution >= 4 is 11.6 Å². The Morgan fingerprint density at radius 3 is 2.71 bits per heavy atom. The van der Waals surface area contributed by atoms with E-state index in [4.69, 9.17) is 0 Å². The highest BCUT2D eigenvalue weighted by atomic mass is 16.1. The van der Waals surface area contributed by atoms with Gasteiger partial charge in [-0.3, -0.25) is 9.48 Å². The number of hydrogen-bond acceptors (Lipinski definition) is 3. The lowest BCUT2D eigenvalue weighted by atomic mass is 10.2. The molecule has 0 saturated carbocycles. The molecule has 21 heavy (non-hydrogen) atoms. The Kier molecular flexibility index (Phi) is 5.51. The highest BCUT2D eigenvalue weighted by Gasteiger charge is 2.04. The summed E-state index contributed by atoms with van der Waals surface area (Å²) in [6.45, 7) is 5.23. The van der Waals surface area contributed by atoms with E-state index in [-0.39, 0.29) is 5.91 Å². The lowest BCUT2D eigenvalue weighted by Crippen LogP contribution is -2.33. The zero-order valence-corrected chi connectivity index (χ0v) is 12.5. The number of carbonyl (C=O) groups is 1. The normalized spacial score (nSPS) is 12.1. The maximum atomic E-state index is 11.8. The Balaban J connectivity index is 1.83. The van der Waals surface area contributed by atoms with Gasteiger partial charge in [0.1, 0.15) is 0 Å². The molecule has 1 amide bonds. The van der Waals surface area contributed by atoms with Crippen molar-refractivity contribution in [3.63, 3.8) is 0 Å². The average molecular weight is 286 g/mol. The van der Waals surface area contributed by atoms with Crippen molar-refractivity contribution in [2.24, 2.45) is 0 Å². The van der Waals surface area contributed by atoms with Crippen LogP contribution in [0.2, 0.25) is 0 Å². The van der Waals surface area contributed by atoms with Gasteiger partial charge in [0.2, 0.25) is 5.91 Å². The number of nitrogens with one attached hydrogen (secondary N) is 2. The topological polar surface area (TPSA) is 59.0 Å². The fraction of sp³-hybridized carbons (Fsp3) is 0.375. The zero-order chi connectivity index (χ0) is 15.1. The van der Waals surface area contributed by atoms with E-state index in [0.717, 1.165) is 24.2 Å².